The monoisotopic (exact) mass is 1110 g/mol. The van der Waals surface area contributed by atoms with Crippen molar-refractivity contribution in [2.24, 2.45) is 38.4 Å². The molecule has 0 bridgehead atoms. The van der Waals surface area contributed by atoms with E-state index in [2.05, 4.69) is 13.8 Å². The van der Waals surface area contributed by atoms with Gasteiger partial charge in [-0.2, -0.15) is 0 Å². The Morgan fingerprint density at radius 3 is 0.714 bits per heavy atom. The molecule has 16 heteroatoms. The van der Waals surface area contributed by atoms with Crippen LogP contribution in [0.15, 0.2) is 0 Å². The molecule has 0 aromatic rings. The van der Waals surface area contributed by atoms with Crippen molar-refractivity contribution >= 4 is 35.8 Å². The molecule has 0 radical (unpaired) electrons. The van der Waals surface area contributed by atoms with E-state index in [4.69, 9.17) is 47.4 Å². The molecule has 1 fully saturated rings. The van der Waals surface area contributed by atoms with Gasteiger partial charge in [0.25, 0.3) is 0 Å². The first-order valence-electron chi connectivity index (χ1n) is 28.3. The number of hydrogen-bond acceptors (Lipinski definition) is 16. The normalized spacial score (nSPS) is 13.3. The minimum atomic E-state index is -0.372. The lowest BCUT2D eigenvalue weighted by Gasteiger charge is -2.38. The van der Waals surface area contributed by atoms with E-state index >= 15 is 0 Å². The van der Waals surface area contributed by atoms with Crippen LogP contribution in [0.5, 0.6) is 0 Å². The highest BCUT2D eigenvalue weighted by Crippen LogP contribution is 2.37. The molecule has 1 rings (SSSR count). The second kappa shape index (κ2) is 41.6. The average Bonchev–Trinajstić information content (AvgIpc) is 3.36. The van der Waals surface area contributed by atoms with Crippen molar-refractivity contribution < 1.29 is 76.1 Å². The molecule has 16 nitrogen and oxygen atoms in total. The lowest BCUT2D eigenvalue weighted by atomic mass is 9.78. The third-order valence-corrected chi connectivity index (χ3v) is 14.0. The highest BCUT2D eigenvalue weighted by atomic mass is 16.6. The van der Waals surface area contributed by atoms with E-state index in [0.717, 1.165) is 38.5 Å². The summed E-state index contributed by atoms with van der Waals surface area (Å²) in [5.74, 6) is -0.228. The molecule has 0 aromatic carbocycles. The van der Waals surface area contributed by atoms with Gasteiger partial charge in [0.05, 0.1) is 58.9 Å². The first kappa shape index (κ1) is 82.5. The molecule has 0 atom stereocenters. The molecule has 0 heterocycles. The molecular weight excluding hydrogens is 989 g/mol. The summed E-state index contributed by atoms with van der Waals surface area (Å²) in [5.41, 5.74) is -2.85. The maximum atomic E-state index is 12.1. The molecule has 0 saturated heterocycles. The quantitative estimate of drug-likeness (QED) is 0.0450. The average molecular weight is 1110 g/mol. The Kier molecular flexibility index (Phi) is 44.6. The number of carbonyl (C=O) groups excluding carboxylic acids is 6. The van der Waals surface area contributed by atoms with Crippen molar-refractivity contribution in [1.29, 1.82) is 0 Å². The van der Waals surface area contributed by atoms with E-state index in [1.165, 1.54) is 32.1 Å². The summed E-state index contributed by atoms with van der Waals surface area (Å²) in [6.07, 6.45) is 11.1. The van der Waals surface area contributed by atoms with Crippen LogP contribution in [0.25, 0.3) is 0 Å². The van der Waals surface area contributed by atoms with Crippen LogP contribution in [0.3, 0.4) is 0 Å². The van der Waals surface area contributed by atoms with Gasteiger partial charge in [-0.05, 0) is 175 Å². The third-order valence-electron chi connectivity index (χ3n) is 14.0. The van der Waals surface area contributed by atoms with Gasteiger partial charge in [0, 0.05) is 28.4 Å². The Labute approximate surface area is 471 Å². The van der Waals surface area contributed by atoms with Crippen molar-refractivity contribution in [1.82, 2.24) is 0 Å². The molecule has 1 aliphatic rings. The molecule has 0 spiro atoms. The molecule has 460 valence electrons. The lowest BCUT2D eigenvalue weighted by Crippen LogP contribution is -2.41. The minimum Gasteiger partial charge on any atom is -0.463 e. The zero-order valence-electron chi connectivity index (χ0n) is 54.5. The second-order valence-electron chi connectivity index (χ2n) is 24.8. The SMILES string of the molecule is CCC(C)(C)C(=O)OC(C)(C)C.CCC(C)(C)C(=O)OC(C)(C)C1CCCCC1.CCC(C)(C)C(=O)OCCOC.CCC(C)(C)C(=O)OCCOC.CCC(C)(C)C(=O)OCCOC.CCC(C)(C)C(=O)OCCOC. The van der Waals surface area contributed by atoms with Crippen LogP contribution in [0, 0.1) is 38.4 Å². The Morgan fingerprint density at radius 2 is 0.519 bits per heavy atom. The predicted molar refractivity (Wildman–Crippen MR) is 308 cm³/mol. The zero-order valence-corrected chi connectivity index (χ0v) is 54.5. The molecule has 0 amide bonds. The van der Waals surface area contributed by atoms with Crippen molar-refractivity contribution in [3.63, 3.8) is 0 Å². The molecule has 0 N–H and O–H groups in total. The third kappa shape index (κ3) is 40.5. The Balaban J connectivity index is -0.000000271. The van der Waals surface area contributed by atoms with Gasteiger partial charge in [-0.3, -0.25) is 28.8 Å². The van der Waals surface area contributed by atoms with Crippen LogP contribution in [0.2, 0.25) is 0 Å². The highest BCUT2D eigenvalue weighted by Gasteiger charge is 2.38. The summed E-state index contributed by atoms with van der Waals surface area (Å²) in [5, 5.41) is 0. The van der Waals surface area contributed by atoms with Gasteiger partial charge in [0.2, 0.25) is 0 Å². The van der Waals surface area contributed by atoms with E-state index < -0.39 is 0 Å². The molecular formula is C61H120O16. The van der Waals surface area contributed by atoms with E-state index in [0.29, 0.717) is 58.8 Å². The number of methoxy groups -OCH3 is 4. The largest absolute Gasteiger partial charge is 0.463 e. The summed E-state index contributed by atoms with van der Waals surface area (Å²) < 4.78 is 50.0. The van der Waals surface area contributed by atoms with Crippen molar-refractivity contribution in [3.8, 4) is 0 Å². The highest BCUT2D eigenvalue weighted by molar-refractivity contribution is 5.78. The van der Waals surface area contributed by atoms with Crippen molar-refractivity contribution in [2.45, 2.75) is 241 Å². The van der Waals surface area contributed by atoms with Crippen LogP contribution < -0.4 is 0 Å². The Morgan fingerprint density at radius 1 is 0.312 bits per heavy atom. The van der Waals surface area contributed by atoms with Gasteiger partial charge in [0.15, 0.2) is 0 Å². The fourth-order valence-electron chi connectivity index (χ4n) is 5.19. The van der Waals surface area contributed by atoms with Gasteiger partial charge in [-0.1, -0.05) is 60.8 Å². The van der Waals surface area contributed by atoms with Crippen LogP contribution in [0.1, 0.15) is 230 Å². The maximum absolute atomic E-state index is 12.1. The number of ether oxygens (including phenoxy) is 10. The van der Waals surface area contributed by atoms with Gasteiger partial charge >= 0.3 is 35.8 Å². The predicted octanol–water partition coefficient (Wildman–Crippen LogP) is 13.5. The van der Waals surface area contributed by atoms with E-state index in [1.54, 1.807) is 28.4 Å². The minimum absolute atomic E-state index is 0.0458. The van der Waals surface area contributed by atoms with Gasteiger partial charge in [-0.15, -0.1) is 0 Å². The number of esters is 6. The first-order valence-corrected chi connectivity index (χ1v) is 28.3. The lowest BCUT2D eigenvalue weighted by molar-refractivity contribution is -0.174. The molecule has 1 aliphatic carbocycles. The fourth-order valence-corrected chi connectivity index (χ4v) is 5.19. The smallest absolute Gasteiger partial charge is 0.312 e. The van der Waals surface area contributed by atoms with Gasteiger partial charge in [-0.25, -0.2) is 0 Å². The standard InChI is InChI=1S/C15H28O2.C10H20O2.4C9H18O3/c1-6-14(2,3)13(16)17-15(4,5)12-10-8-7-9-11-12;1-7-10(5,6)8(11)12-9(2,3)4;4*1-5-9(2,3)8(10)12-7-6-11-4/h12H,6-11H2,1-5H3;7H2,1-6H3;4*5-7H2,1-4H3. The van der Waals surface area contributed by atoms with Crippen LogP contribution in [-0.2, 0) is 76.1 Å². The van der Waals surface area contributed by atoms with E-state index in [1.807, 2.05) is 145 Å². The van der Waals surface area contributed by atoms with E-state index in [9.17, 15) is 28.8 Å². The van der Waals surface area contributed by atoms with Crippen LogP contribution in [-0.4, -0.2) is 128 Å². The van der Waals surface area contributed by atoms with E-state index in [-0.39, 0.29) is 79.5 Å². The number of rotatable bonds is 26. The second-order valence-corrected chi connectivity index (χ2v) is 24.8. The van der Waals surface area contributed by atoms with Gasteiger partial charge < -0.3 is 47.4 Å². The summed E-state index contributed by atoms with van der Waals surface area (Å²) in [6.45, 7) is 47.7. The molecule has 1 saturated carbocycles. The van der Waals surface area contributed by atoms with Crippen molar-refractivity contribution in [3.05, 3.63) is 0 Å². The Bertz CT molecular complexity index is 1440. The number of carbonyl (C=O) groups is 6. The van der Waals surface area contributed by atoms with Crippen LogP contribution >= 0.6 is 0 Å². The van der Waals surface area contributed by atoms with Crippen molar-refractivity contribution in [2.75, 3.05) is 81.3 Å². The number of hydrogen-bond donors (Lipinski definition) is 0. The summed E-state index contributed by atoms with van der Waals surface area (Å²) >= 11 is 0. The topological polar surface area (TPSA) is 195 Å². The Hall–Kier alpha value is -3.34. The molecule has 0 unspecified atom stereocenters. The summed E-state index contributed by atoms with van der Waals surface area (Å²) in [6, 6.07) is 0. The summed E-state index contributed by atoms with van der Waals surface area (Å²) in [4.78, 5) is 68.8. The molecule has 77 heavy (non-hydrogen) atoms. The summed E-state index contributed by atoms with van der Waals surface area (Å²) in [7, 11) is 6.33. The molecule has 0 aliphatic heterocycles. The van der Waals surface area contributed by atoms with Gasteiger partial charge in [0.1, 0.15) is 37.6 Å². The first-order chi connectivity index (χ1) is 35.2. The maximum Gasteiger partial charge on any atom is 0.312 e. The zero-order chi connectivity index (χ0) is 61.5. The molecule has 0 aromatic heterocycles. The fraction of sp³-hybridized carbons (Fsp3) is 0.902. The van der Waals surface area contributed by atoms with Crippen LogP contribution in [0.4, 0.5) is 0 Å².